The molecular formula is C25H18F6N4O4S3. The summed E-state index contributed by atoms with van der Waals surface area (Å²) in [6, 6.07) is 2.68. The molecule has 2 amide bonds. The number of thiophene rings is 1. The summed E-state index contributed by atoms with van der Waals surface area (Å²) >= 11 is 7.20. The standard InChI is InChI=1S/C25H18F6N4O4S3/c26-24(27,28)15-7-13(8-16(10-15)25(29,30)31)14-9-17(41-12-14)11-18-21(39)35(23(40)42-18)5-1-19(36)33-22-32-3-6-34(22)4-2-20(37)38/h3,6-12H,1-2,4-5H2,(H,37,38)(H,32,33,36)/b18-11-. The van der Waals surface area contributed by atoms with Gasteiger partial charge in [0, 0.05) is 36.8 Å². The number of thioether (sulfide) groups is 1. The van der Waals surface area contributed by atoms with E-state index in [1.165, 1.54) is 39.4 Å². The number of nitrogens with one attached hydrogen (secondary N) is 1. The van der Waals surface area contributed by atoms with Crippen LogP contribution >= 0.6 is 35.3 Å². The maximum atomic E-state index is 13.2. The molecule has 3 aromatic rings. The van der Waals surface area contributed by atoms with Gasteiger partial charge in [0.1, 0.15) is 4.32 Å². The number of carbonyl (C=O) groups is 3. The molecule has 2 N–H and O–H groups in total. The van der Waals surface area contributed by atoms with Gasteiger partial charge < -0.3 is 9.67 Å². The lowest BCUT2D eigenvalue weighted by molar-refractivity contribution is -0.143. The normalized spacial score (nSPS) is 15.1. The van der Waals surface area contributed by atoms with E-state index in [1.807, 2.05) is 0 Å². The molecule has 222 valence electrons. The number of amides is 2. The number of benzene rings is 1. The van der Waals surface area contributed by atoms with E-state index in [9.17, 15) is 40.7 Å². The number of carbonyl (C=O) groups excluding carboxylic acids is 2. The third-order valence-electron chi connectivity index (χ3n) is 5.78. The predicted molar refractivity (Wildman–Crippen MR) is 147 cm³/mol. The van der Waals surface area contributed by atoms with Crippen LogP contribution < -0.4 is 5.32 Å². The van der Waals surface area contributed by atoms with E-state index in [0.717, 1.165) is 23.1 Å². The molecule has 42 heavy (non-hydrogen) atoms. The first-order valence-corrected chi connectivity index (χ1v) is 13.9. The van der Waals surface area contributed by atoms with Gasteiger partial charge >= 0.3 is 18.3 Å². The van der Waals surface area contributed by atoms with Crippen LogP contribution in [0, 0.1) is 0 Å². The minimum atomic E-state index is -4.99. The highest BCUT2D eigenvalue weighted by Gasteiger charge is 2.37. The number of aliphatic carboxylic acids is 1. The Labute approximate surface area is 247 Å². The maximum absolute atomic E-state index is 13.2. The number of anilines is 1. The Morgan fingerprint density at radius 2 is 1.67 bits per heavy atom. The smallest absolute Gasteiger partial charge is 0.416 e. The molecule has 1 saturated heterocycles. The number of thiocarbonyl (C=S) groups is 1. The number of carboxylic acids is 1. The minimum Gasteiger partial charge on any atom is -0.481 e. The van der Waals surface area contributed by atoms with Crippen molar-refractivity contribution in [2.45, 2.75) is 31.7 Å². The van der Waals surface area contributed by atoms with Crippen molar-refractivity contribution in [3.05, 3.63) is 62.9 Å². The van der Waals surface area contributed by atoms with E-state index in [4.69, 9.17) is 17.3 Å². The number of hydrogen-bond acceptors (Lipinski definition) is 7. The monoisotopic (exact) mass is 648 g/mol. The van der Waals surface area contributed by atoms with Crippen LogP contribution in [0.25, 0.3) is 17.2 Å². The van der Waals surface area contributed by atoms with Crippen molar-refractivity contribution in [1.82, 2.24) is 14.5 Å². The second-order valence-electron chi connectivity index (χ2n) is 8.75. The van der Waals surface area contributed by atoms with E-state index in [2.05, 4.69) is 10.3 Å². The number of hydrogen-bond donors (Lipinski definition) is 2. The summed E-state index contributed by atoms with van der Waals surface area (Å²) in [6.07, 6.45) is -5.99. The van der Waals surface area contributed by atoms with Crippen molar-refractivity contribution in [2.24, 2.45) is 0 Å². The zero-order valence-electron chi connectivity index (χ0n) is 21.0. The van der Waals surface area contributed by atoms with Crippen molar-refractivity contribution >= 4 is 69.4 Å². The fourth-order valence-corrected chi connectivity index (χ4v) is 5.98. The molecule has 0 spiro atoms. The number of carboxylic acid groups (broad SMARTS) is 1. The largest absolute Gasteiger partial charge is 0.481 e. The number of rotatable bonds is 9. The molecular weight excluding hydrogens is 630 g/mol. The molecule has 0 aliphatic carbocycles. The molecule has 0 radical (unpaired) electrons. The highest BCUT2D eigenvalue weighted by molar-refractivity contribution is 8.26. The van der Waals surface area contributed by atoms with Gasteiger partial charge in [0.15, 0.2) is 0 Å². The lowest BCUT2D eigenvalue weighted by Gasteiger charge is -2.14. The lowest BCUT2D eigenvalue weighted by atomic mass is 10.0. The van der Waals surface area contributed by atoms with Gasteiger partial charge in [-0.25, -0.2) is 4.98 Å². The van der Waals surface area contributed by atoms with Crippen molar-refractivity contribution < 1.29 is 45.8 Å². The zero-order chi connectivity index (χ0) is 30.8. The molecule has 1 aromatic carbocycles. The number of nitrogens with zero attached hydrogens (tertiary/aromatic N) is 3. The van der Waals surface area contributed by atoms with Gasteiger partial charge in [0.25, 0.3) is 5.91 Å². The summed E-state index contributed by atoms with van der Waals surface area (Å²) in [5.41, 5.74) is -3.05. The average molecular weight is 649 g/mol. The van der Waals surface area contributed by atoms with Gasteiger partial charge in [-0.3, -0.25) is 24.6 Å². The molecule has 17 heteroatoms. The second-order valence-corrected chi connectivity index (χ2v) is 11.4. The van der Waals surface area contributed by atoms with Crippen LogP contribution in [0.4, 0.5) is 32.3 Å². The molecule has 0 unspecified atom stereocenters. The van der Waals surface area contributed by atoms with Crippen molar-refractivity contribution in [3.8, 4) is 11.1 Å². The van der Waals surface area contributed by atoms with E-state index < -0.39 is 41.3 Å². The molecule has 0 bridgehead atoms. The van der Waals surface area contributed by atoms with Crippen molar-refractivity contribution in [1.29, 1.82) is 0 Å². The van der Waals surface area contributed by atoms with E-state index in [0.29, 0.717) is 17.0 Å². The zero-order valence-corrected chi connectivity index (χ0v) is 23.4. The average Bonchev–Trinajstić information content (AvgIpc) is 3.60. The number of aryl methyl sites for hydroxylation is 1. The number of imidazole rings is 1. The van der Waals surface area contributed by atoms with Gasteiger partial charge in [-0.05, 0) is 46.8 Å². The minimum absolute atomic E-state index is 0.0516. The Morgan fingerprint density at radius 1 is 1.00 bits per heavy atom. The highest BCUT2D eigenvalue weighted by atomic mass is 32.2. The molecule has 0 atom stereocenters. The number of halogens is 6. The van der Waals surface area contributed by atoms with Crippen LogP contribution in [-0.2, 0) is 33.3 Å². The third kappa shape index (κ3) is 7.57. The van der Waals surface area contributed by atoms with Crippen LogP contribution in [-0.4, -0.2) is 48.2 Å². The van der Waals surface area contributed by atoms with Gasteiger partial charge in [0.2, 0.25) is 11.9 Å². The number of alkyl halides is 6. The Bertz CT molecular complexity index is 1550. The molecule has 8 nitrogen and oxygen atoms in total. The molecule has 1 fully saturated rings. The van der Waals surface area contributed by atoms with E-state index >= 15 is 0 Å². The quantitative estimate of drug-likeness (QED) is 0.158. The highest BCUT2D eigenvalue weighted by Crippen LogP contribution is 2.40. The summed E-state index contributed by atoms with van der Waals surface area (Å²) in [7, 11) is 0. The van der Waals surface area contributed by atoms with Crippen LogP contribution in [0.3, 0.4) is 0 Å². The molecule has 3 heterocycles. The predicted octanol–water partition coefficient (Wildman–Crippen LogP) is 6.35. The van der Waals surface area contributed by atoms with Gasteiger partial charge in [-0.1, -0.05) is 24.0 Å². The first-order valence-electron chi connectivity index (χ1n) is 11.8. The molecule has 1 aliphatic heterocycles. The van der Waals surface area contributed by atoms with E-state index in [1.54, 1.807) is 0 Å². The molecule has 4 rings (SSSR count). The maximum Gasteiger partial charge on any atom is 0.416 e. The first kappa shape index (κ1) is 31.2. The Kier molecular flexibility index (Phi) is 9.12. The van der Waals surface area contributed by atoms with Crippen molar-refractivity contribution in [2.75, 3.05) is 11.9 Å². The first-order chi connectivity index (χ1) is 19.6. The summed E-state index contributed by atoms with van der Waals surface area (Å²) in [5, 5.41) is 12.8. The van der Waals surface area contributed by atoms with E-state index in [-0.39, 0.29) is 58.3 Å². The van der Waals surface area contributed by atoms with Crippen LogP contribution in [0.15, 0.2) is 46.9 Å². The lowest BCUT2D eigenvalue weighted by Crippen LogP contribution is -2.31. The van der Waals surface area contributed by atoms with Crippen LogP contribution in [0.2, 0.25) is 0 Å². The molecule has 0 saturated carbocycles. The summed E-state index contributed by atoms with van der Waals surface area (Å²) in [5.74, 6) is -1.90. The summed E-state index contributed by atoms with van der Waals surface area (Å²) in [6.45, 7) is 0.00987. The summed E-state index contributed by atoms with van der Waals surface area (Å²) < 4.78 is 81.1. The fraction of sp³-hybridized carbons (Fsp3) is 0.240. The second kappa shape index (κ2) is 12.3. The molecule has 2 aromatic heterocycles. The van der Waals surface area contributed by atoms with Crippen LogP contribution in [0.1, 0.15) is 28.8 Å². The number of aromatic nitrogens is 2. The van der Waals surface area contributed by atoms with Gasteiger partial charge in [-0.2, -0.15) is 26.3 Å². The van der Waals surface area contributed by atoms with Crippen LogP contribution in [0.5, 0.6) is 0 Å². The SMILES string of the molecule is O=C(O)CCn1ccnc1NC(=O)CCN1C(=O)/C(=C/c2cc(-c3cc(C(F)(F)F)cc(C(F)(F)F)c3)cs2)SC1=S. The fourth-order valence-electron chi connectivity index (χ4n) is 3.75. The van der Waals surface area contributed by atoms with Gasteiger partial charge in [0.05, 0.1) is 22.5 Å². The molecule has 1 aliphatic rings. The summed E-state index contributed by atoms with van der Waals surface area (Å²) in [4.78, 5) is 41.9. The third-order valence-corrected chi connectivity index (χ3v) is 8.04. The Balaban J connectivity index is 1.44. The Hall–Kier alpha value is -3.70. The topological polar surface area (TPSA) is 105 Å². The van der Waals surface area contributed by atoms with Crippen molar-refractivity contribution in [3.63, 3.8) is 0 Å². The Morgan fingerprint density at radius 3 is 2.29 bits per heavy atom. The van der Waals surface area contributed by atoms with Gasteiger partial charge in [-0.15, -0.1) is 11.3 Å².